The van der Waals surface area contributed by atoms with Crippen LogP contribution >= 0.6 is 0 Å². The molecule has 0 saturated heterocycles. The lowest BCUT2D eigenvalue weighted by molar-refractivity contribution is 0.660. The largest absolute Gasteiger partial charge is 0.355 e. The normalized spacial score (nSPS) is 15.2. The lowest BCUT2D eigenvalue weighted by Gasteiger charge is -2.31. The Labute approximate surface area is 263 Å². The maximum absolute atomic E-state index is 3.95. The fourth-order valence-corrected chi connectivity index (χ4v) is 8.99. The van der Waals surface area contributed by atoms with Gasteiger partial charge >= 0.3 is 0 Å². The van der Waals surface area contributed by atoms with Crippen LogP contribution in [0.25, 0.3) is 44.2 Å². The number of hydrogen-bond donors (Lipinski definition) is 1. The summed E-state index contributed by atoms with van der Waals surface area (Å²) in [6.45, 7) is 4.70. The molecule has 3 aliphatic rings. The van der Waals surface area contributed by atoms with Gasteiger partial charge in [-0.15, -0.1) is 0 Å². The first-order valence-electron chi connectivity index (χ1n) is 16.0. The molecule has 7 aromatic rings. The van der Waals surface area contributed by atoms with Gasteiger partial charge in [-0.3, -0.25) is 0 Å². The van der Waals surface area contributed by atoms with Crippen LogP contribution in [-0.2, 0) is 10.8 Å². The van der Waals surface area contributed by atoms with Gasteiger partial charge in [-0.05, 0) is 90.3 Å². The van der Waals surface area contributed by atoms with E-state index in [-0.39, 0.29) is 10.8 Å². The van der Waals surface area contributed by atoms with Gasteiger partial charge in [0, 0.05) is 22.2 Å². The second-order valence-electron chi connectivity index (χ2n) is 13.3. The number of anilines is 2. The van der Waals surface area contributed by atoms with Crippen LogP contribution in [0.15, 0.2) is 146 Å². The van der Waals surface area contributed by atoms with Gasteiger partial charge in [-0.25, -0.2) is 0 Å². The summed E-state index contributed by atoms with van der Waals surface area (Å²) in [5, 5.41) is 6.48. The molecular weight excluding hydrogens is 542 g/mol. The van der Waals surface area contributed by atoms with Crippen molar-refractivity contribution in [2.24, 2.45) is 0 Å². The number of fused-ring (bicyclic) bond motifs is 15. The smallest absolute Gasteiger partial charge is 0.0726 e. The van der Waals surface area contributed by atoms with Crippen molar-refractivity contribution in [2.75, 3.05) is 5.32 Å². The second kappa shape index (κ2) is 8.61. The molecule has 0 radical (unpaired) electrons. The van der Waals surface area contributed by atoms with Crippen LogP contribution in [0.1, 0.15) is 47.2 Å². The van der Waals surface area contributed by atoms with Crippen LogP contribution in [0.4, 0.5) is 11.4 Å². The zero-order valence-electron chi connectivity index (χ0n) is 25.4. The van der Waals surface area contributed by atoms with Gasteiger partial charge in [0.15, 0.2) is 0 Å². The van der Waals surface area contributed by atoms with Gasteiger partial charge in [0.1, 0.15) is 0 Å². The third-order valence-electron chi connectivity index (χ3n) is 10.9. The molecule has 0 saturated carbocycles. The van der Waals surface area contributed by atoms with E-state index in [9.17, 15) is 0 Å². The summed E-state index contributed by atoms with van der Waals surface area (Å²) in [4.78, 5) is 0. The summed E-state index contributed by atoms with van der Waals surface area (Å²) in [6, 6.07) is 54.4. The summed E-state index contributed by atoms with van der Waals surface area (Å²) in [7, 11) is 0. The molecular formula is C44H31N. The summed E-state index contributed by atoms with van der Waals surface area (Å²) in [5.41, 5.74) is 18.1. The Morgan fingerprint density at radius 3 is 1.56 bits per heavy atom. The Balaban J connectivity index is 1.24. The minimum absolute atomic E-state index is 0.0490. The van der Waals surface area contributed by atoms with Gasteiger partial charge in [0.2, 0.25) is 0 Å². The maximum Gasteiger partial charge on any atom is 0.0726 e. The van der Waals surface area contributed by atoms with E-state index in [1.165, 1.54) is 77.5 Å². The predicted octanol–water partition coefficient (Wildman–Crippen LogP) is 11.2. The molecule has 0 amide bonds. The van der Waals surface area contributed by atoms with Gasteiger partial charge in [0.25, 0.3) is 0 Å². The van der Waals surface area contributed by atoms with Crippen molar-refractivity contribution in [1.29, 1.82) is 0 Å². The van der Waals surface area contributed by atoms with E-state index in [1.54, 1.807) is 0 Å². The van der Waals surface area contributed by atoms with Crippen LogP contribution in [0, 0.1) is 0 Å². The third kappa shape index (κ3) is 3.03. The standard InChI is InChI=1S/C44H31N/c1-43(2)35-19-9-5-13-28(35)31-24-23-27(25-39(31)43)45-41-26-40-42(33-17-4-3-16-32(33)41)34-18-8-12-22-38(34)44(40)36-20-10-6-14-29(36)30-15-7-11-21-37(30)44/h3-26,45H,1-2H3. The molecule has 0 bridgehead atoms. The third-order valence-corrected chi connectivity index (χ3v) is 10.9. The van der Waals surface area contributed by atoms with Crippen LogP contribution in [0.5, 0.6) is 0 Å². The van der Waals surface area contributed by atoms with Gasteiger partial charge < -0.3 is 5.32 Å². The van der Waals surface area contributed by atoms with E-state index in [4.69, 9.17) is 0 Å². The molecule has 10 rings (SSSR count). The Bertz CT molecular complexity index is 2340. The molecule has 1 spiro atoms. The number of rotatable bonds is 2. The molecule has 1 heteroatoms. The van der Waals surface area contributed by atoms with Crippen molar-refractivity contribution in [3.05, 3.63) is 179 Å². The average molecular weight is 574 g/mol. The number of benzene rings is 7. The topological polar surface area (TPSA) is 12.0 Å². The number of nitrogens with one attached hydrogen (secondary N) is 1. The Morgan fingerprint density at radius 2 is 0.889 bits per heavy atom. The first-order chi connectivity index (χ1) is 22.1. The number of hydrogen-bond acceptors (Lipinski definition) is 1. The summed E-state index contributed by atoms with van der Waals surface area (Å²) < 4.78 is 0. The van der Waals surface area contributed by atoms with Crippen molar-refractivity contribution in [2.45, 2.75) is 24.7 Å². The summed E-state index contributed by atoms with van der Waals surface area (Å²) in [5.74, 6) is 0. The molecule has 0 atom stereocenters. The quantitative estimate of drug-likeness (QED) is 0.217. The molecule has 7 aromatic carbocycles. The Morgan fingerprint density at radius 1 is 0.400 bits per heavy atom. The van der Waals surface area contributed by atoms with Crippen LogP contribution < -0.4 is 5.32 Å². The van der Waals surface area contributed by atoms with E-state index in [0.29, 0.717) is 0 Å². The molecule has 0 aliphatic heterocycles. The molecule has 1 nitrogen and oxygen atoms in total. The first kappa shape index (κ1) is 25.0. The summed E-state index contributed by atoms with van der Waals surface area (Å²) >= 11 is 0. The van der Waals surface area contributed by atoms with Crippen LogP contribution in [0.2, 0.25) is 0 Å². The van der Waals surface area contributed by atoms with Gasteiger partial charge in [-0.2, -0.15) is 0 Å². The minimum atomic E-state index is -0.374. The van der Waals surface area contributed by atoms with Gasteiger partial charge in [-0.1, -0.05) is 141 Å². The van der Waals surface area contributed by atoms with Crippen molar-refractivity contribution >= 4 is 22.1 Å². The van der Waals surface area contributed by atoms with Crippen LogP contribution in [-0.4, -0.2) is 0 Å². The van der Waals surface area contributed by atoms with Crippen molar-refractivity contribution in [3.63, 3.8) is 0 Å². The van der Waals surface area contributed by atoms with E-state index in [1.807, 2.05) is 0 Å². The average Bonchev–Trinajstić information content (AvgIpc) is 3.64. The highest BCUT2D eigenvalue weighted by Crippen LogP contribution is 2.64. The first-order valence-corrected chi connectivity index (χ1v) is 16.0. The molecule has 3 aliphatic carbocycles. The SMILES string of the molecule is CC1(C)c2ccccc2-c2ccc(Nc3cc4c(c5ccccc35)-c3ccccc3C43c4ccccc4-c4ccccc43)cc21. The van der Waals surface area contributed by atoms with E-state index >= 15 is 0 Å². The van der Waals surface area contributed by atoms with E-state index < -0.39 is 0 Å². The molecule has 1 N–H and O–H groups in total. The van der Waals surface area contributed by atoms with Crippen molar-refractivity contribution in [3.8, 4) is 33.4 Å². The zero-order chi connectivity index (χ0) is 29.9. The van der Waals surface area contributed by atoms with Gasteiger partial charge in [0.05, 0.1) is 5.41 Å². The Kier molecular flexibility index (Phi) is 4.78. The molecule has 0 aromatic heterocycles. The monoisotopic (exact) mass is 573 g/mol. The maximum atomic E-state index is 3.95. The molecule has 0 heterocycles. The molecule has 45 heavy (non-hydrogen) atoms. The highest BCUT2D eigenvalue weighted by Gasteiger charge is 2.52. The predicted molar refractivity (Wildman–Crippen MR) is 188 cm³/mol. The fraction of sp³-hybridized carbons (Fsp3) is 0.0909. The van der Waals surface area contributed by atoms with Crippen molar-refractivity contribution < 1.29 is 0 Å². The highest BCUT2D eigenvalue weighted by molar-refractivity contribution is 6.11. The zero-order valence-corrected chi connectivity index (χ0v) is 25.4. The Hall–Kier alpha value is -5.40. The molecule has 0 fully saturated rings. The lowest BCUT2D eigenvalue weighted by Crippen LogP contribution is -2.26. The summed E-state index contributed by atoms with van der Waals surface area (Å²) in [6.07, 6.45) is 0. The second-order valence-corrected chi connectivity index (χ2v) is 13.3. The fourth-order valence-electron chi connectivity index (χ4n) is 8.99. The van der Waals surface area contributed by atoms with E-state index in [0.717, 1.165) is 11.4 Å². The molecule has 0 unspecified atom stereocenters. The minimum Gasteiger partial charge on any atom is -0.355 e. The van der Waals surface area contributed by atoms with E-state index in [2.05, 4.69) is 165 Å². The van der Waals surface area contributed by atoms with Crippen LogP contribution in [0.3, 0.4) is 0 Å². The highest BCUT2D eigenvalue weighted by atomic mass is 14.9. The van der Waals surface area contributed by atoms with Crippen molar-refractivity contribution in [1.82, 2.24) is 0 Å². The molecule has 212 valence electrons. The lowest BCUT2D eigenvalue weighted by atomic mass is 9.70.